The van der Waals surface area contributed by atoms with Crippen molar-refractivity contribution in [2.45, 2.75) is 38.3 Å². The van der Waals surface area contributed by atoms with E-state index in [-0.39, 0.29) is 10.0 Å². The van der Waals surface area contributed by atoms with Crippen LogP contribution in [0, 0.1) is 11.6 Å². The second-order valence-corrected chi connectivity index (χ2v) is 5.87. The van der Waals surface area contributed by atoms with E-state index in [0.29, 0.717) is 13.2 Å². The maximum absolute atomic E-state index is 14.3. The van der Waals surface area contributed by atoms with Crippen LogP contribution < -0.4 is 5.32 Å². The Hall–Kier alpha value is -0.520. The summed E-state index contributed by atoms with van der Waals surface area (Å²) in [6, 6.07) is 2.18. The van der Waals surface area contributed by atoms with Crippen LogP contribution in [0.15, 0.2) is 16.6 Å². The molecule has 1 aliphatic heterocycles. The Labute approximate surface area is 120 Å². The van der Waals surface area contributed by atoms with Gasteiger partial charge in [0.1, 0.15) is 11.6 Å². The third kappa shape index (κ3) is 2.83. The van der Waals surface area contributed by atoms with Gasteiger partial charge in [-0.2, -0.15) is 0 Å². The Morgan fingerprint density at radius 2 is 2.21 bits per heavy atom. The standard InChI is InChI=1S/C14H18BrF2NO/c1-3-18-13(14(2)7-4-8-19-14)11-10(16)6-5-9(15)12(11)17/h5-6,13,18H,3-4,7-8H2,1-2H3. The number of halogens is 3. The second kappa shape index (κ2) is 5.85. The van der Waals surface area contributed by atoms with E-state index in [1.807, 2.05) is 13.8 Å². The summed E-state index contributed by atoms with van der Waals surface area (Å²) < 4.78 is 34.4. The molecule has 1 heterocycles. The van der Waals surface area contributed by atoms with E-state index in [1.54, 1.807) is 0 Å². The highest BCUT2D eigenvalue weighted by atomic mass is 79.9. The minimum atomic E-state index is -0.571. The molecule has 2 atom stereocenters. The summed E-state index contributed by atoms with van der Waals surface area (Å²) in [6.45, 7) is 5.08. The molecule has 1 N–H and O–H groups in total. The van der Waals surface area contributed by atoms with Crippen LogP contribution in [0.1, 0.15) is 38.3 Å². The highest BCUT2D eigenvalue weighted by Crippen LogP contribution is 2.40. The number of ether oxygens (including phenoxy) is 1. The first-order chi connectivity index (χ1) is 8.99. The van der Waals surface area contributed by atoms with Gasteiger partial charge in [0.2, 0.25) is 0 Å². The Morgan fingerprint density at radius 3 is 2.79 bits per heavy atom. The van der Waals surface area contributed by atoms with Crippen LogP contribution in [0.4, 0.5) is 8.78 Å². The van der Waals surface area contributed by atoms with Crippen LogP contribution in [-0.4, -0.2) is 18.8 Å². The van der Waals surface area contributed by atoms with Gasteiger partial charge in [-0.1, -0.05) is 6.92 Å². The Kier molecular flexibility index (Phi) is 4.58. The molecule has 0 amide bonds. The predicted octanol–water partition coefficient (Wildman–Crippen LogP) is 3.95. The van der Waals surface area contributed by atoms with Crippen LogP contribution >= 0.6 is 15.9 Å². The fourth-order valence-electron chi connectivity index (χ4n) is 2.66. The van der Waals surface area contributed by atoms with Gasteiger partial charge in [0.15, 0.2) is 0 Å². The van der Waals surface area contributed by atoms with Crippen LogP contribution in [0.25, 0.3) is 0 Å². The highest BCUT2D eigenvalue weighted by Gasteiger charge is 2.41. The first-order valence-electron chi connectivity index (χ1n) is 6.50. The molecular weight excluding hydrogens is 316 g/mol. The van der Waals surface area contributed by atoms with Crippen molar-refractivity contribution in [3.8, 4) is 0 Å². The molecule has 1 aromatic rings. The fourth-order valence-corrected chi connectivity index (χ4v) is 3.01. The summed E-state index contributed by atoms with van der Waals surface area (Å²) in [7, 11) is 0. The molecule has 0 radical (unpaired) electrons. The van der Waals surface area contributed by atoms with Crippen molar-refractivity contribution in [3.63, 3.8) is 0 Å². The number of hydrogen-bond acceptors (Lipinski definition) is 2. The molecule has 1 aromatic carbocycles. The van der Waals surface area contributed by atoms with Crippen molar-refractivity contribution < 1.29 is 13.5 Å². The van der Waals surface area contributed by atoms with Gasteiger partial charge >= 0.3 is 0 Å². The minimum absolute atomic E-state index is 0.0561. The molecule has 2 nitrogen and oxygen atoms in total. The zero-order chi connectivity index (χ0) is 14.0. The average Bonchev–Trinajstić information content (AvgIpc) is 2.81. The molecular formula is C14H18BrF2NO. The Balaban J connectivity index is 2.47. The zero-order valence-corrected chi connectivity index (χ0v) is 12.7. The Morgan fingerprint density at radius 1 is 1.47 bits per heavy atom. The van der Waals surface area contributed by atoms with Gasteiger partial charge in [0, 0.05) is 12.2 Å². The van der Waals surface area contributed by atoms with E-state index in [9.17, 15) is 8.78 Å². The maximum atomic E-state index is 14.3. The van der Waals surface area contributed by atoms with E-state index in [4.69, 9.17) is 4.74 Å². The van der Waals surface area contributed by atoms with Gasteiger partial charge in [-0.15, -0.1) is 0 Å². The van der Waals surface area contributed by atoms with E-state index in [1.165, 1.54) is 12.1 Å². The molecule has 1 fully saturated rings. The molecule has 1 saturated heterocycles. The SMILES string of the molecule is CCNC(c1c(F)ccc(Br)c1F)C1(C)CCCO1. The molecule has 2 rings (SSSR count). The van der Waals surface area contributed by atoms with Crippen molar-refractivity contribution in [1.82, 2.24) is 5.32 Å². The van der Waals surface area contributed by atoms with Crippen LogP contribution in [0.2, 0.25) is 0 Å². The summed E-state index contributed by atoms with van der Waals surface area (Å²) in [4.78, 5) is 0. The maximum Gasteiger partial charge on any atom is 0.145 e. The molecule has 0 bridgehead atoms. The van der Waals surface area contributed by atoms with Gasteiger partial charge < -0.3 is 10.1 Å². The molecule has 5 heteroatoms. The molecule has 0 aliphatic carbocycles. The van der Waals surface area contributed by atoms with Crippen LogP contribution in [0.5, 0.6) is 0 Å². The van der Waals surface area contributed by atoms with Gasteiger partial charge in [0.05, 0.1) is 16.1 Å². The Bertz CT molecular complexity index is 461. The summed E-state index contributed by atoms with van der Waals surface area (Å²) in [5.74, 6) is -1.09. The molecule has 1 aliphatic rings. The number of likely N-dealkylation sites (N-methyl/N-ethyl adjacent to an activating group) is 1. The van der Waals surface area contributed by atoms with Crippen LogP contribution in [0.3, 0.4) is 0 Å². The number of nitrogens with one attached hydrogen (secondary N) is 1. The number of hydrogen-bond donors (Lipinski definition) is 1. The molecule has 2 unspecified atom stereocenters. The van der Waals surface area contributed by atoms with E-state index in [0.717, 1.165) is 12.8 Å². The lowest BCUT2D eigenvalue weighted by Crippen LogP contribution is -2.42. The van der Waals surface area contributed by atoms with Gasteiger partial charge in [-0.25, -0.2) is 8.78 Å². The summed E-state index contributed by atoms with van der Waals surface area (Å²) in [6.07, 6.45) is 1.70. The van der Waals surface area contributed by atoms with Gasteiger partial charge in [-0.05, 0) is 54.4 Å². The average molecular weight is 334 g/mol. The van der Waals surface area contributed by atoms with E-state index in [2.05, 4.69) is 21.2 Å². The second-order valence-electron chi connectivity index (χ2n) is 5.01. The molecule has 19 heavy (non-hydrogen) atoms. The topological polar surface area (TPSA) is 21.3 Å². The van der Waals surface area contributed by atoms with Crippen molar-refractivity contribution in [2.75, 3.05) is 13.2 Å². The monoisotopic (exact) mass is 333 g/mol. The lowest BCUT2D eigenvalue weighted by Gasteiger charge is -2.34. The normalized spacial score (nSPS) is 24.7. The predicted molar refractivity (Wildman–Crippen MR) is 74.1 cm³/mol. The highest BCUT2D eigenvalue weighted by molar-refractivity contribution is 9.10. The molecule has 0 saturated carbocycles. The number of rotatable bonds is 4. The largest absolute Gasteiger partial charge is 0.373 e. The van der Waals surface area contributed by atoms with E-state index >= 15 is 0 Å². The van der Waals surface area contributed by atoms with Gasteiger partial charge in [-0.3, -0.25) is 0 Å². The number of benzene rings is 1. The third-order valence-corrected chi connectivity index (χ3v) is 4.25. The summed E-state index contributed by atoms with van der Waals surface area (Å²) >= 11 is 3.12. The smallest absolute Gasteiger partial charge is 0.145 e. The summed E-state index contributed by atoms with van der Waals surface area (Å²) in [5, 5.41) is 3.16. The lowest BCUT2D eigenvalue weighted by molar-refractivity contribution is -0.0140. The fraction of sp³-hybridized carbons (Fsp3) is 0.571. The molecule has 0 aromatic heterocycles. The van der Waals surface area contributed by atoms with Crippen LogP contribution in [-0.2, 0) is 4.74 Å². The first-order valence-corrected chi connectivity index (χ1v) is 7.29. The first kappa shape index (κ1) is 14.9. The lowest BCUT2D eigenvalue weighted by atomic mass is 9.87. The van der Waals surface area contributed by atoms with Crippen molar-refractivity contribution in [3.05, 3.63) is 33.8 Å². The van der Waals surface area contributed by atoms with Crippen molar-refractivity contribution >= 4 is 15.9 Å². The zero-order valence-electron chi connectivity index (χ0n) is 11.1. The minimum Gasteiger partial charge on any atom is -0.373 e. The van der Waals surface area contributed by atoms with Crippen molar-refractivity contribution in [1.29, 1.82) is 0 Å². The molecule has 0 spiro atoms. The van der Waals surface area contributed by atoms with E-state index < -0.39 is 23.3 Å². The third-order valence-electron chi connectivity index (χ3n) is 3.64. The van der Waals surface area contributed by atoms with Gasteiger partial charge in [0.25, 0.3) is 0 Å². The quantitative estimate of drug-likeness (QED) is 0.842. The molecule has 106 valence electrons. The van der Waals surface area contributed by atoms with Crippen molar-refractivity contribution in [2.24, 2.45) is 0 Å². The summed E-state index contributed by atoms with van der Waals surface area (Å²) in [5.41, 5.74) is -0.515.